The quantitative estimate of drug-likeness (QED) is 0.732. The number of nitrogens with zero attached hydrogens (tertiary/aromatic N) is 2. The molecular formula is C24H35BN2. The van der Waals surface area contributed by atoms with Gasteiger partial charge in [-0.1, -0.05) is 37.3 Å². The van der Waals surface area contributed by atoms with Crippen LogP contribution in [0.3, 0.4) is 0 Å². The molecule has 3 heterocycles. The maximum Gasteiger partial charge on any atom is 0.130 e. The predicted octanol–water partition coefficient (Wildman–Crippen LogP) is 3.94. The Morgan fingerprint density at radius 2 is 2.07 bits per heavy atom. The molecular weight excluding hydrogens is 327 g/mol. The molecule has 27 heavy (non-hydrogen) atoms. The number of hydrogen-bond acceptors (Lipinski definition) is 2. The van der Waals surface area contributed by atoms with Crippen molar-refractivity contribution < 1.29 is 0 Å². The highest BCUT2D eigenvalue weighted by Crippen LogP contribution is 2.56. The zero-order chi connectivity index (χ0) is 18.5. The topological polar surface area (TPSA) is 6.48 Å². The van der Waals surface area contributed by atoms with Crippen LogP contribution in [0.25, 0.3) is 0 Å². The Bertz CT molecular complexity index is 736. The van der Waals surface area contributed by atoms with Crippen molar-refractivity contribution in [2.45, 2.75) is 57.1 Å². The first-order valence-electron chi connectivity index (χ1n) is 11.3. The Labute approximate surface area is 166 Å². The monoisotopic (exact) mass is 362 g/mol. The lowest BCUT2D eigenvalue weighted by Crippen LogP contribution is -2.47. The van der Waals surface area contributed by atoms with Crippen molar-refractivity contribution in [2.75, 3.05) is 33.2 Å². The molecule has 1 aliphatic carbocycles. The lowest BCUT2D eigenvalue weighted by Gasteiger charge is -2.44. The van der Waals surface area contributed by atoms with Crippen molar-refractivity contribution in [1.82, 2.24) is 9.80 Å². The summed E-state index contributed by atoms with van der Waals surface area (Å²) in [4.78, 5) is 5.05. The van der Waals surface area contributed by atoms with Gasteiger partial charge in [0, 0.05) is 25.3 Å². The number of rotatable bonds is 5. The van der Waals surface area contributed by atoms with Gasteiger partial charge in [0.05, 0.1) is 0 Å². The van der Waals surface area contributed by atoms with Crippen LogP contribution in [0.2, 0.25) is 5.82 Å². The van der Waals surface area contributed by atoms with Crippen LogP contribution in [0.15, 0.2) is 24.4 Å². The summed E-state index contributed by atoms with van der Waals surface area (Å²) >= 11 is 0. The third kappa shape index (κ3) is 3.48. The van der Waals surface area contributed by atoms with E-state index in [9.17, 15) is 0 Å². The van der Waals surface area contributed by atoms with Crippen LogP contribution in [0.1, 0.15) is 53.9 Å². The van der Waals surface area contributed by atoms with Crippen LogP contribution >= 0.6 is 0 Å². The molecule has 3 fully saturated rings. The Morgan fingerprint density at radius 1 is 1.22 bits per heavy atom. The molecule has 144 valence electrons. The largest absolute Gasteiger partial charge is 0.375 e. The van der Waals surface area contributed by atoms with Crippen LogP contribution in [0.5, 0.6) is 0 Å². The Balaban J connectivity index is 1.15. The molecule has 3 heteroatoms. The second kappa shape index (κ2) is 6.99. The molecule has 4 aliphatic rings. The summed E-state index contributed by atoms with van der Waals surface area (Å²) in [5.74, 6) is 3.59. The molecule has 3 unspecified atom stereocenters. The normalized spacial score (nSPS) is 30.1. The molecule has 0 radical (unpaired) electrons. The van der Waals surface area contributed by atoms with E-state index in [0.717, 1.165) is 23.6 Å². The molecule has 0 amide bonds. The summed E-state index contributed by atoms with van der Waals surface area (Å²) in [5.41, 5.74) is 8.06. The molecule has 3 atom stereocenters. The van der Waals surface area contributed by atoms with Crippen molar-refractivity contribution in [3.05, 3.63) is 46.7 Å². The maximum absolute atomic E-state index is 4.43. The van der Waals surface area contributed by atoms with Gasteiger partial charge in [-0.15, -0.1) is 0 Å². The standard InChI is InChI=1S/C24H35BN2/c1-16(9-18-5-4-8-26(3)13-18)27-14-19(15-27)10-20-6-7-21-22-11-24(22)25-12-23(21)17(20)2/h6-7,18-19,22,24-25H,1,4-5,8-15H2,2-3H3. The van der Waals surface area contributed by atoms with Gasteiger partial charge >= 0.3 is 0 Å². The van der Waals surface area contributed by atoms with Gasteiger partial charge in [0.2, 0.25) is 0 Å². The SMILES string of the molecule is C=C(CC1CCCN(C)C1)N1CC(Cc2ccc3c(c2C)CBC2CC32)C1. The Kier molecular flexibility index (Phi) is 4.62. The lowest BCUT2D eigenvalue weighted by molar-refractivity contribution is 0.125. The van der Waals surface area contributed by atoms with Gasteiger partial charge in [0.1, 0.15) is 7.28 Å². The van der Waals surface area contributed by atoms with Gasteiger partial charge in [0.15, 0.2) is 0 Å². The van der Waals surface area contributed by atoms with Gasteiger partial charge in [-0.3, -0.25) is 0 Å². The van der Waals surface area contributed by atoms with Crippen LogP contribution in [0.4, 0.5) is 0 Å². The number of hydrogen-bond donors (Lipinski definition) is 0. The molecule has 0 spiro atoms. The zero-order valence-electron chi connectivity index (χ0n) is 17.3. The van der Waals surface area contributed by atoms with Crippen molar-refractivity contribution in [1.29, 1.82) is 0 Å². The second-order valence-electron chi connectivity index (χ2n) is 10.1. The molecule has 3 aliphatic heterocycles. The molecule has 0 bridgehead atoms. The first kappa shape index (κ1) is 17.9. The summed E-state index contributed by atoms with van der Waals surface area (Å²) in [6.07, 6.45) is 8.01. The van der Waals surface area contributed by atoms with Gasteiger partial charge < -0.3 is 9.80 Å². The fraction of sp³-hybridized carbons (Fsp3) is 0.667. The summed E-state index contributed by atoms with van der Waals surface area (Å²) in [5, 5.41) is 0. The molecule has 5 rings (SSSR count). The number of benzene rings is 1. The van der Waals surface area contributed by atoms with Crippen LogP contribution in [0, 0.1) is 18.8 Å². The molecule has 2 nitrogen and oxygen atoms in total. The first-order chi connectivity index (χ1) is 13.1. The van der Waals surface area contributed by atoms with E-state index in [-0.39, 0.29) is 0 Å². The number of likely N-dealkylation sites (tertiary alicyclic amines) is 2. The summed E-state index contributed by atoms with van der Waals surface area (Å²) < 4.78 is 0. The highest BCUT2D eigenvalue weighted by Gasteiger charge is 2.43. The van der Waals surface area contributed by atoms with Gasteiger partial charge in [0.25, 0.3) is 0 Å². The average Bonchev–Trinajstić information content (AvgIpc) is 3.39. The Morgan fingerprint density at radius 3 is 2.89 bits per heavy atom. The summed E-state index contributed by atoms with van der Waals surface area (Å²) in [7, 11) is 3.70. The van der Waals surface area contributed by atoms with Gasteiger partial charge in [-0.2, -0.15) is 0 Å². The van der Waals surface area contributed by atoms with Gasteiger partial charge in [-0.05, 0) is 86.2 Å². The smallest absolute Gasteiger partial charge is 0.130 e. The molecule has 2 saturated heterocycles. The molecule has 1 aromatic rings. The van der Waals surface area contributed by atoms with Crippen molar-refractivity contribution >= 4 is 7.28 Å². The van der Waals surface area contributed by atoms with Crippen LogP contribution < -0.4 is 0 Å². The van der Waals surface area contributed by atoms with Crippen LogP contribution in [-0.2, 0) is 12.7 Å². The number of fused-ring (bicyclic) bond motifs is 3. The van der Waals surface area contributed by atoms with E-state index in [1.54, 1.807) is 22.3 Å². The minimum atomic E-state index is 0.824. The highest BCUT2D eigenvalue weighted by molar-refractivity contribution is 6.39. The highest BCUT2D eigenvalue weighted by atomic mass is 15.2. The van der Waals surface area contributed by atoms with E-state index in [1.807, 2.05) is 0 Å². The molecule has 0 aromatic heterocycles. The number of allylic oxidation sites excluding steroid dienone is 1. The van der Waals surface area contributed by atoms with Crippen molar-refractivity contribution in [2.24, 2.45) is 11.8 Å². The minimum Gasteiger partial charge on any atom is -0.375 e. The molecule has 1 saturated carbocycles. The molecule has 1 aromatic carbocycles. The lowest BCUT2D eigenvalue weighted by atomic mass is 9.60. The van der Waals surface area contributed by atoms with Gasteiger partial charge in [-0.25, -0.2) is 0 Å². The van der Waals surface area contributed by atoms with Crippen LogP contribution in [-0.4, -0.2) is 50.3 Å². The van der Waals surface area contributed by atoms with E-state index in [1.165, 1.54) is 77.6 Å². The zero-order valence-corrected chi connectivity index (χ0v) is 17.3. The predicted molar refractivity (Wildman–Crippen MR) is 116 cm³/mol. The third-order valence-electron chi connectivity index (χ3n) is 7.99. The van der Waals surface area contributed by atoms with E-state index >= 15 is 0 Å². The summed E-state index contributed by atoms with van der Waals surface area (Å²) in [6, 6.07) is 4.95. The van der Waals surface area contributed by atoms with E-state index in [4.69, 9.17) is 0 Å². The van der Waals surface area contributed by atoms with E-state index < -0.39 is 0 Å². The fourth-order valence-electron chi connectivity index (χ4n) is 6.17. The first-order valence-corrected chi connectivity index (χ1v) is 11.3. The fourth-order valence-corrected chi connectivity index (χ4v) is 6.17. The second-order valence-corrected chi connectivity index (χ2v) is 10.1. The Hall–Kier alpha value is -1.22. The summed E-state index contributed by atoms with van der Waals surface area (Å²) in [6.45, 7) is 11.8. The minimum absolute atomic E-state index is 0.824. The number of piperidine rings is 1. The third-order valence-corrected chi connectivity index (χ3v) is 7.99. The van der Waals surface area contributed by atoms with Crippen molar-refractivity contribution in [3.63, 3.8) is 0 Å². The molecule has 0 N–H and O–H groups in total. The van der Waals surface area contributed by atoms with E-state index in [0.29, 0.717) is 0 Å². The van der Waals surface area contributed by atoms with Crippen molar-refractivity contribution in [3.8, 4) is 0 Å². The van der Waals surface area contributed by atoms with E-state index in [2.05, 4.69) is 42.5 Å². The maximum atomic E-state index is 4.43. The average molecular weight is 362 g/mol.